The van der Waals surface area contributed by atoms with E-state index in [0.717, 1.165) is 77.0 Å². The molecule has 3 N–H and O–H groups in total. The predicted molar refractivity (Wildman–Crippen MR) is 228 cm³/mol. The van der Waals surface area contributed by atoms with Crippen molar-refractivity contribution in [3.63, 3.8) is 0 Å². The molecule has 0 spiro atoms. The number of hydrogen-bond acceptors (Lipinski definition) is 8. The first kappa shape index (κ1) is 51.9. The van der Waals surface area contributed by atoms with Crippen molar-refractivity contribution < 1.29 is 37.6 Å². The van der Waals surface area contributed by atoms with Crippen molar-refractivity contribution in [1.29, 1.82) is 0 Å². The van der Waals surface area contributed by atoms with Crippen LogP contribution in [0.5, 0.6) is 0 Å². The highest BCUT2D eigenvalue weighted by Gasteiger charge is 2.25. The fraction of sp³-hybridized carbons (Fsp3) is 0.600. The van der Waals surface area contributed by atoms with Gasteiger partial charge in [0.15, 0.2) is 6.10 Å². The summed E-state index contributed by atoms with van der Waals surface area (Å²) in [7, 11) is -4.41. The number of phosphoric ester groups is 1. The van der Waals surface area contributed by atoms with Crippen LogP contribution in [0.1, 0.15) is 142 Å². The molecule has 0 saturated carbocycles. The zero-order valence-corrected chi connectivity index (χ0v) is 35.0. The Bertz CT molecular complexity index is 1220. The van der Waals surface area contributed by atoms with Crippen molar-refractivity contribution in [2.24, 2.45) is 5.73 Å². The van der Waals surface area contributed by atoms with E-state index in [-0.39, 0.29) is 32.6 Å². The number of unbranched alkanes of at least 4 members (excludes halogenated alkanes) is 8. The fourth-order valence-corrected chi connectivity index (χ4v) is 5.69. The second kappa shape index (κ2) is 40.6. The minimum absolute atomic E-state index is 0.0344. The topological polar surface area (TPSA) is 134 Å². The standard InChI is InChI=1S/C45H74NO8P/c1-3-5-7-9-11-13-15-17-19-20-21-22-24-26-28-30-32-34-36-38-45(48)54-43(42-53-55(49,50)52-40-39-46)41-51-44(47)37-35-33-31-29-27-25-23-18-16-14-12-10-8-6-4-2/h5,7,11-14,17-19,21-23,26,28,32,34,43H,3-4,6,8-10,15-16,20,24-25,27,29-31,33,35-42,46H2,1-2H3,(H,49,50). The zero-order valence-electron chi connectivity index (χ0n) is 34.1. The highest BCUT2D eigenvalue weighted by molar-refractivity contribution is 7.47. The van der Waals surface area contributed by atoms with Crippen LogP contribution in [0.2, 0.25) is 0 Å². The van der Waals surface area contributed by atoms with Gasteiger partial charge in [0.25, 0.3) is 0 Å². The molecule has 0 aliphatic rings. The number of rotatable bonds is 37. The van der Waals surface area contributed by atoms with E-state index in [2.05, 4.69) is 98.9 Å². The Balaban J connectivity index is 4.37. The van der Waals surface area contributed by atoms with Crippen LogP contribution < -0.4 is 5.73 Å². The van der Waals surface area contributed by atoms with Crippen molar-refractivity contribution in [3.05, 3.63) is 97.2 Å². The van der Waals surface area contributed by atoms with Gasteiger partial charge in [-0.05, 0) is 83.5 Å². The molecule has 0 aromatic carbocycles. The summed E-state index contributed by atoms with van der Waals surface area (Å²) in [5.74, 6) is -0.954. The maximum Gasteiger partial charge on any atom is 0.472 e. The Morgan fingerprint density at radius 1 is 0.564 bits per heavy atom. The van der Waals surface area contributed by atoms with Gasteiger partial charge >= 0.3 is 19.8 Å². The first-order valence-corrected chi connectivity index (χ1v) is 22.2. The van der Waals surface area contributed by atoms with Gasteiger partial charge in [-0.25, -0.2) is 4.57 Å². The zero-order chi connectivity index (χ0) is 40.3. The van der Waals surface area contributed by atoms with Crippen LogP contribution in [-0.4, -0.2) is 49.3 Å². The van der Waals surface area contributed by atoms with Gasteiger partial charge in [0.05, 0.1) is 13.2 Å². The van der Waals surface area contributed by atoms with E-state index >= 15 is 0 Å². The summed E-state index contributed by atoms with van der Waals surface area (Å²) >= 11 is 0. The first-order valence-electron chi connectivity index (χ1n) is 20.7. The first-order chi connectivity index (χ1) is 26.8. The van der Waals surface area contributed by atoms with Crippen LogP contribution in [0.4, 0.5) is 0 Å². The summed E-state index contributed by atoms with van der Waals surface area (Å²) in [5.41, 5.74) is 5.33. The quantitative estimate of drug-likeness (QED) is 0.0273. The van der Waals surface area contributed by atoms with Crippen molar-refractivity contribution in [1.82, 2.24) is 0 Å². The van der Waals surface area contributed by atoms with E-state index in [0.29, 0.717) is 12.8 Å². The molecular weight excluding hydrogens is 713 g/mol. The van der Waals surface area contributed by atoms with E-state index in [1.807, 2.05) is 12.2 Å². The van der Waals surface area contributed by atoms with Gasteiger partial charge < -0.3 is 20.1 Å². The lowest BCUT2D eigenvalue weighted by atomic mass is 10.1. The maximum atomic E-state index is 12.5. The molecule has 0 bridgehead atoms. The molecule has 2 unspecified atom stereocenters. The van der Waals surface area contributed by atoms with Gasteiger partial charge in [-0.1, -0.05) is 143 Å². The molecular formula is C45H74NO8P. The molecule has 0 fully saturated rings. The average Bonchev–Trinajstić information content (AvgIpc) is 3.17. The molecule has 312 valence electrons. The molecule has 0 aliphatic carbocycles. The normalized spacial score (nSPS) is 14.3. The van der Waals surface area contributed by atoms with Crippen molar-refractivity contribution in [2.45, 2.75) is 148 Å². The Kier molecular flexibility index (Phi) is 38.3. The summed E-state index contributed by atoms with van der Waals surface area (Å²) in [4.78, 5) is 34.8. The third-order valence-corrected chi connectivity index (χ3v) is 8.95. The lowest BCUT2D eigenvalue weighted by Gasteiger charge is -2.19. The lowest BCUT2D eigenvalue weighted by molar-refractivity contribution is -0.161. The highest BCUT2D eigenvalue weighted by atomic mass is 31.2. The van der Waals surface area contributed by atoms with E-state index in [4.69, 9.17) is 24.3 Å². The second-order valence-corrected chi connectivity index (χ2v) is 14.6. The Morgan fingerprint density at radius 2 is 1.04 bits per heavy atom. The predicted octanol–water partition coefficient (Wildman–Crippen LogP) is 11.8. The summed E-state index contributed by atoms with van der Waals surface area (Å²) in [6.45, 7) is 3.46. The Hall–Kier alpha value is -3.07. The van der Waals surface area contributed by atoms with Gasteiger partial charge in [-0.15, -0.1) is 0 Å². The SMILES string of the molecule is CCC=CCC=CCC=CCC=CCC=CCC=CCCC(=O)OC(COC(=O)CCCCCCCC=CCC=CCCCCC)COP(=O)(O)OCCN. The number of nitrogens with two attached hydrogens (primary N) is 1. The monoisotopic (exact) mass is 788 g/mol. The van der Waals surface area contributed by atoms with Gasteiger partial charge in [0.2, 0.25) is 0 Å². The summed E-state index contributed by atoms with van der Waals surface area (Å²) < 4.78 is 32.6. The number of allylic oxidation sites excluding steroid dienone is 16. The number of hydrogen-bond donors (Lipinski definition) is 2. The molecule has 9 nitrogen and oxygen atoms in total. The number of carbonyl (C=O) groups excluding carboxylic acids is 2. The van der Waals surface area contributed by atoms with Crippen LogP contribution in [0.15, 0.2) is 97.2 Å². The molecule has 55 heavy (non-hydrogen) atoms. The third-order valence-electron chi connectivity index (χ3n) is 7.97. The van der Waals surface area contributed by atoms with Crippen LogP contribution in [0, 0.1) is 0 Å². The molecule has 0 amide bonds. The number of ether oxygens (including phenoxy) is 2. The summed E-state index contributed by atoms with van der Waals surface area (Å²) in [6, 6.07) is 0. The summed E-state index contributed by atoms with van der Waals surface area (Å²) in [5, 5.41) is 0. The molecule has 0 aliphatic heterocycles. The molecule has 0 aromatic rings. The van der Waals surface area contributed by atoms with Crippen LogP contribution in [-0.2, 0) is 32.7 Å². The number of esters is 2. The molecule has 0 heterocycles. The molecule has 0 saturated heterocycles. The number of carbonyl (C=O) groups is 2. The van der Waals surface area contributed by atoms with E-state index < -0.39 is 32.5 Å². The van der Waals surface area contributed by atoms with Gasteiger partial charge in [-0.2, -0.15) is 0 Å². The number of phosphoric acid groups is 1. The minimum atomic E-state index is -4.41. The lowest BCUT2D eigenvalue weighted by Crippen LogP contribution is -2.29. The second-order valence-electron chi connectivity index (χ2n) is 13.1. The van der Waals surface area contributed by atoms with Crippen LogP contribution >= 0.6 is 7.82 Å². The molecule has 0 rings (SSSR count). The Labute approximate surface area is 334 Å². The third kappa shape index (κ3) is 40.4. The van der Waals surface area contributed by atoms with Crippen LogP contribution in [0.25, 0.3) is 0 Å². The van der Waals surface area contributed by atoms with Gasteiger partial charge in [0, 0.05) is 19.4 Å². The van der Waals surface area contributed by atoms with Crippen molar-refractivity contribution in [2.75, 3.05) is 26.4 Å². The van der Waals surface area contributed by atoms with Gasteiger partial charge in [0.1, 0.15) is 6.61 Å². The smallest absolute Gasteiger partial charge is 0.462 e. The van der Waals surface area contributed by atoms with E-state index in [1.165, 1.54) is 25.7 Å². The molecule has 10 heteroatoms. The molecule has 0 radical (unpaired) electrons. The van der Waals surface area contributed by atoms with E-state index in [9.17, 15) is 19.0 Å². The van der Waals surface area contributed by atoms with E-state index in [1.54, 1.807) is 0 Å². The van der Waals surface area contributed by atoms with Crippen molar-refractivity contribution >= 4 is 19.8 Å². The molecule has 2 atom stereocenters. The minimum Gasteiger partial charge on any atom is -0.462 e. The molecule has 0 aromatic heterocycles. The highest BCUT2D eigenvalue weighted by Crippen LogP contribution is 2.43. The average molecular weight is 788 g/mol. The maximum absolute atomic E-state index is 12.5. The summed E-state index contributed by atoms with van der Waals surface area (Å²) in [6.07, 6.45) is 51.6. The Morgan fingerprint density at radius 3 is 1.56 bits per heavy atom. The largest absolute Gasteiger partial charge is 0.472 e. The van der Waals surface area contributed by atoms with Crippen LogP contribution in [0.3, 0.4) is 0 Å². The fourth-order valence-electron chi connectivity index (χ4n) is 4.92. The van der Waals surface area contributed by atoms with Gasteiger partial charge in [-0.3, -0.25) is 18.6 Å². The van der Waals surface area contributed by atoms with Crippen molar-refractivity contribution in [3.8, 4) is 0 Å².